The van der Waals surface area contributed by atoms with Crippen LogP contribution in [0, 0.1) is 5.92 Å². The second-order valence-corrected chi connectivity index (χ2v) is 5.67. The van der Waals surface area contributed by atoms with Crippen LogP contribution in [0.2, 0.25) is 0 Å². The van der Waals surface area contributed by atoms with E-state index >= 15 is 0 Å². The molecule has 2 N–H and O–H groups in total. The van der Waals surface area contributed by atoms with Gasteiger partial charge >= 0.3 is 0 Å². The Morgan fingerprint density at radius 3 is 2.83 bits per heavy atom. The van der Waals surface area contributed by atoms with Gasteiger partial charge in [0, 0.05) is 25.7 Å². The minimum Gasteiger partial charge on any atom is -0.389 e. The lowest BCUT2D eigenvalue weighted by Gasteiger charge is -2.23. The van der Waals surface area contributed by atoms with Gasteiger partial charge < -0.3 is 15.2 Å². The van der Waals surface area contributed by atoms with Crippen molar-refractivity contribution in [2.24, 2.45) is 5.92 Å². The summed E-state index contributed by atoms with van der Waals surface area (Å²) in [6.07, 6.45) is 2.20. The molecule has 18 heavy (non-hydrogen) atoms. The number of ether oxygens (including phenoxy) is 1. The number of nitrogens with zero attached hydrogens (tertiary/aromatic N) is 1. The lowest BCUT2D eigenvalue weighted by Crippen LogP contribution is -2.41. The van der Waals surface area contributed by atoms with Gasteiger partial charge in [-0.15, -0.1) is 0 Å². The van der Waals surface area contributed by atoms with E-state index in [1.807, 2.05) is 0 Å². The van der Waals surface area contributed by atoms with E-state index in [9.17, 15) is 5.11 Å². The molecule has 4 nitrogen and oxygen atoms in total. The average molecular weight is 258 g/mol. The van der Waals surface area contributed by atoms with Crippen molar-refractivity contribution in [3.05, 3.63) is 0 Å². The Bertz CT molecular complexity index is 212. The summed E-state index contributed by atoms with van der Waals surface area (Å²) in [4.78, 5) is 2.51. The minimum absolute atomic E-state index is 0.389. The smallest absolute Gasteiger partial charge is 0.0897 e. The van der Waals surface area contributed by atoms with Crippen molar-refractivity contribution in [3.8, 4) is 0 Å². The molecule has 0 bridgehead atoms. The van der Waals surface area contributed by atoms with Gasteiger partial charge in [0.1, 0.15) is 0 Å². The monoisotopic (exact) mass is 258 g/mol. The molecule has 0 saturated carbocycles. The molecule has 1 aliphatic rings. The van der Waals surface area contributed by atoms with Crippen LogP contribution in [0.4, 0.5) is 0 Å². The first kappa shape index (κ1) is 15.9. The molecule has 2 atom stereocenters. The molecule has 1 rings (SSSR count). The SMILES string of the molecule is CCN1CCCC1CNCC(O)COCC(C)C. The molecule has 0 spiro atoms. The van der Waals surface area contributed by atoms with E-state index in [0.29, 0.717) is 25.1 Å². The predicted octanol–water partition coefficient (Wildman–Crippen LogP) is 1.09. The molecule has 108 valence electrons. The maximum Gasteiger partial charge on any atom is 0.0897 e. The van der Waals surface area contributed by atoms with Crippen molar-refractivity contribution >= 4 is 0 Å². The zero-order chi connectivity index (χ0) is 13.4. The van der Waals surface area contributed by atoms with Gasteiger partial charge in [-0.05, 0) is 31.8 Å². The molecule has 0 amide bonds. The van der Waals surface area contributed by atoms with E-state index in [4.69, 9.17) is 4.74 Å². The van der Waals surface area contributed by atoms with Crippen molar-refractivity contribution in [1.82, 2.24) is 10.2 Å². The van der Waals surface area contributed by atoms with Gasteiger partial charge in [0.15, 0.2) is 0 Å². The standard InChI is InChI=1S/C14H30N2O2/c1-4-16-7-5-6-13(16)8-15-9-14(17)11-18-10-12(2)3/h12-15,17H,4-11H2,1-3H3. The third kappa shape index (κ3) is 6.14. The Hall–Kier alpha value is -0.160. The lowest BCUT2D eigenvalue weighted by molar-refractivity contribution is 0.0256. The van der Waals surface area contributed by atoms with Crippen molar-refractivity contribution in [1.29, 1.82) is 0 Å². The Morgan fingerprint density at radius 1 is 1.39 bits per heavy atom. The maximum absolute atomic E-state index is 9.76. The number of likely N-dealkylation sites (N-methyl/N-ethyl adjacent to an activating group) is 1. The summed E-state index contributed by atoms with van der Waals surface area (Å²) in [5.74, 6) is 0.529. The third-order valence-corrected chi connectivity index (χ3v) is 3.43. The quantitative estimate of drug-likeness (QED) is 0.650. The highest BCUT2D eigenvalue weighted by molar-refractivity contribution is 4.80. The van der Waals surface area contributed by atoms with Crippen molar-refractivity contribution in [2.45, 2.75) is 45.8 Å². The molecule has 0 aromatic carbocycles. The fraction of sp³-hybridized carbons (Fsp3) is 1.00. The number of aliphatic hydroxyl groups is 1. The normalized spacial score (nSPS) is 22.8. The predicted molar refractivity (Wildman–Crippen MR) is 74.8 cm³/mol. The number of rotatable bonds is 9. The molecule has 0 aliphatic carbocycles. The van der Waals surface area contributed by atoms with Crippen molar-refractivity contribution in [3.63, 3.8) is 0 Å². The van der Waals surface area contributed by atoms with Crippen LogP contribution >= 0.6 is 0 Å². The zero-order valence-electron chi connectivity index (χ0n) is 12.2. The van der Waals surface area contributed by atoms with Gasteiger partial charge in [0.2, 0.25) is 0 Å². The van der Waals surface area contributed by atoms with Crippen LogP contribution in [0.25, 0.3) is 0 Å². The molecule has 0 aromatic heterocycles. The van der Waals surface area contributed by atoms with E-state index in [0.717, 1.165) is 19.7 Å². The molecular formula is C14H30N2O2. The van der Waals surface area contributed by atoms with E-state index in [-0.39, 0.29) is 6.10 Å². The van der Waals surface area contributed by atoms with Gasteiger partial charge in [0.25, 0.3) is 0 Å². The summed E-state index contributed by atoms with van der Waals surface area (Å²) in [5.41, 5.74) is 0. The molecule has 1 fully saturated rings. The highest BCUT2D eigenvalue weighted by atomic mass is 16.5. The molecule has 0 aromatic rings. The number of nitrogens with one attached hydrogen (secondary N) is 1. The van der Waals surface area contributed by atoms with Gasteiger partial charge in [-0.3, -0.25) is 4.90 Å². The third-order valence-electron chi connectivity index (χ3n) is 3.43. The van der Waals surface area contributed by atoms with E-state index < -0.39 is 0 Å². The van der Waals surface area contributed by atoms with Gasteiger partial charge in [-0.2, -0.15) is 0 Å². The molecule has 4 heteroatoms. The second-order valence-electron chi connectivity index (χ2n) is 5.67. The Labute approximate surface area is 112 Å². The van der Waals surface area contributed by atoms with Crippen LogP contribution < -0.4 is 5.32 Å². The molecule has 1 heterocycles. The number of hydrogen-bond acceptors (Lipinski definition) is 4. The summed E-state index contributed by atoms with van der Waals surface area (Å²) in [7, 11) is 0. The van der Waals surface area contributed by atoms with E-state index in [1.165, 1.54) is 19.4 Å². The average Bonchev–Trinajstić information content (AvgIpc) is 2.76. The van der Waals surface area contributed by atoms with Gasteiger partial charge in [-0.1, -0.05) is 20.8 Å². The fourth-order valence-electron chi connectivity index (χ4n) is 2.46. The van der Waals surface area contributed by atoms with Crippen LogP contribution in [-0.4, -0.2) is 61.5 Å². The van der Waals surface area contributed by atoms with Crippen LogP contribution in [0.3, 0.4) is 0 Å². The van der Waals surface area contributed by atoms with Gasteiger partial charge in [-0.25, -0.2) is 0 Å². The maximum atomic E-state index is 9.76. The number of aliphatic hydroxyl groups excluding tert-OH is 1. The molecule has 1 aliphatic heterocycles. The summed E-state index contributed by atoms with van der Waals surface area (Å²) in [5, 5.41) is 13.1. The van der Waals surface area contributed by atoms with Crippen molar-refractivity contribution in [2.75, 3.05) is 39.4 Å². The van der Waals surface area contributed by atoms with E-state index in [2.05, 4.69) is 31.0 Å². The molecule has 0 radical (unpaired) electrons. The fourth-order valence-corrected chi connectivity index (χ4v) is 2.46. The lowest BCUT2D eigenvalue weighted by atomic mass is 10.2. The first-order chi connectivity index (χ1) is 8.63. The molecule has 1 saturated heterocycles. The first-order valence-corrected chi connectivity index (χ1v) is 7.34. The minimum atomic E-state index is -0.389. The zero-order valence-corrected chi connectivity index (χ0v) is 12.2. The summed E-state index contributed by atoms with van der Waals surface area (Å²) in [6.45, 7) is 11.6. The van der Waals surface area contributed by atoms with Gasteiger partial charge in [0.05, 0.1) is 12.7 Å². The largest absolute Gasteiger partial charge is 0.389 e. The molecular weight excluding hydrogens is 228 g/mol. The first-order valence-electron chi connectivity index (χ1n) is 7.34. The van der Waals surface area contributed by atoms with Crippen LogP contribution in [0.1, 0.15) is 33.6 Å². The molecule has 2 unspecified atom stereocenters. The Morgan fingerprint density at radius 2 is 2.17 bits per heavy atom. The second kappa shape index (κ2) is 8.86. The van der Waals surface area contributed by atoms with Crippen LogP contribution in [-0.2, 0) is 4.74 Å². The highest BCUT2D eigenvalue weighted by Gasteiger charge is 2.22. The van der Waals surface area contributed by atoms with Crippen LogP contribution in [0.15, 0.2) is 0 Å². The number of hydrogen-bond donors (Lipinski definition) is 2. The van der Waals surface area contributed by atoms with Crippen LogP contribution in [0.5, 0.6) is 0 Å². The van der Waals surface area contributed by atoms with Crippen molar-refractivity contribution < 1.29 is 9.84 Å². The topological polar surface area (TPSA) is 44.7 Å². The Balaban J connectivity index is 2.02. The Kier molecular flexibility index (Phi) is 7.82. The summed E-state index contributed by atoms with van der Waals surface area (Å²) >= 11 is 0. The summed E-state index contributed by atoms with van der Waals surface area (Å²) in [6, 6.07) is 0.652. The number of likely N-dealkylation sites (tertiary alicyclic amines) is 1. The summed E-state index contributed by atoms with van der Waals surface area (Å²) < 4.78 is 5.42. The van der Waals surface area contributed by atoms with E-state index in [1.54, 1.807) is 0 Å². The highest BCUT2D eigenvalue weighted by Crippen LogP contribution is 2.15.